The Morgan fingerprint density at radius 1 is 1.28 bits per heavy atom. The van der Waals surface area contributed by atoms with Gasteiger partial charge in [0.1, 0.15) is 10.6 Å². The molecule has 2 aromatic heterocycles. The first kappa shape index (κ1) is 18.1. The van der Waals surface area contributed by atoms with Gasteiger partial charge in [-0.15, -0.1) is 0 Å². The molecule has 7 nitrogen and oxygen atoms in total. The van der Waals surface area contributed by atoms with E-state index in [0.29, 0.717) is 33.8 Å². The van der Waals surface area contributed by atoms with Crippen molar-refractivity contribution in [2.24, 2.45) is 7.05 Å². The lowest BCUT2D eigenvalue weighted by atomic mass is 10.0. The van der Waals surface area contributed by atoms with E-state index in [1.807, 2.05) is 37.0 Å². The van der Waals surface area contributed by atoms with Crippen LogP contribution < -0.4 is 14.2 Å². The van der Waals surface area contributed by atoms with Gasteiger partial charge in [-0.05, 0) is 49.4 Å². The van der Waals surface area contributed by atoms with Crippen molar-refractivity contribution in [2.45, 2.75) is 26.2 Å². The lowest BCUT2D eigenvalue weighted by Gasteiger charge is -2.10. The minimum absolute atomic E-state index is 0.207. The summed E-state index contributed by atoms with van der Waals surface area (Å²) in [6.07, 6.45) is 4.54. The fourth-order valence-electron chi connectivity index (χ4n) is 3.84. The Hall–Kier alpha value is -3.00. The molecule has 2 aliphatic rings. The highest BCUT2D eigenvalue weighted by molar-refractivity contribution is 7.16. The molecule has 0 bridgehead atoms. The molecule has 8 heteroatoms. The molecule has 1 aromatic carbocycles. The average Bonchev–Trinajstić information content (AvgIpc) is 3.37. The van der Waals surface area contributed by atoms with Crippen molar-refractivity contribution in [1.29, 1.82) is 0 Å². The Balaban J connectivity index is 1.64. The van der Waals surface area contributed by atoms with Gasteiger partial charge in [0.15, 0.2) is 16.6 Å². The van der Waals surface area contributed by atoms with E-state index in [2.05, 4.69) is 5.10 Å². The molecule has 0 N–H and O–H groups in total. The predicted octanol–water partition coefficient (Wildman–Crippen LogP) is 4.34. The van der Waals surface area contributed by atoms with Gasteiger partial charge in [0.25, 0.3) is 0 Å². The van der Waals surface area contributed by atoms with Gasteiger partial charge in [-0.25, -0.2) is 4.79 Å². The third-order valence-electron chi connectivity index (χ3n) is 5.11. The van der Waals surface area contributed by atoms with Gasteiger partial charge < -0.3 is 18.9 Å². The van der Waals surface area contributed by atoms with Gasteiger partial charge in [0, 0.05) is 13.1 Å². The number of carbonyl (C=O) groups is 1. The number of benzene rings is 1. The van der Waals surface area contributed by atoms with Crippen LogP contribution in [-0.4, -0.2) is 29.1 Å². The van der Waals surface area contributed by atoms with E-state index in [1.165, 1.54) is 11.3 Å². The molecule has 0 saturated carbocycles. The van der Waals surface area contributed by atoms with E-state index < -0.39 is 0 Å². The third-order valence-corrected chi connectivity index (χ3v) is 6.20. The molecule has 3 heterocycles. The summed E-state index contributed by atoms with van der Waals surface area (Å²) in [5.74, 6) is 1.67. The van der Waals surface area contributed by atoms with Crippen LogP contribution in [-0.2, 0) is 24.6 Å². The second kappa shape index (κ2) is 7.11. The van der Waals surface area contributed by atoms with Crippen LogP contribution in [0.3, 0.4) is 0 Å². The van der Waals surface area contributed by atoms with E-state index >= 15 is 0 Å². The van der Waals surface area contributed by atoms with Crippen molar-refractivity contribution in [3.63, 3.8) is 0 Å². The second-order valence-corrected chi connectivity index (χ2v) is 7.89. The number of fused-ring (bicyclic) bond motifs is 4. The van der Waals surface area contributed by atoms with Crippen molar-refractivity contribution >= 4 is 17.3 Å². The maximum atomic E-state index is 12.7. The topological polar surface area (TPSA) is 71.8 Å². The molecule has 1 aliphatic carbocycles. The zero-order valence-electron chi connectivity index (χ0n) is 16.2. The maximum Gasteiger partial charge on any atom is 0.348 e. The number of nitrogens with zero attached hydrogens (tertiary/aromatic N) is 2. The van der Waals surface area contributed by atoms with Crippen LogP contribution in [0.1, 0.15) is 34.1 Å². The number of thiophene rings is 1. The lowest BCUT2D eigenvalue weighted by Crippen LogP contribution is -2.05. The van der Waals surface area contributed by atoms with Crippen LogP contribution in [0.15, 0.2) is 24.4 Å². The fraction of sp³-hybridized carbons (Fsp3) is 0.333. The van der Waals surface area contributed by atoms with Crippen LogP contribution in [0.25, 0.3) is 11.3 Å². The van der Waals surface area contributed by atoms with Gasteiger partial charge in [0.2, 0.25) is 6.79 Å². The monoisotopic (exact) mass is 412 g/mol. The average molecular weight is 412 g/mol. The van der Waals surface area contributed by atoms with Crippen LogP contribution in [0, 0.1) is 0 Å². The molecule has 3 aromatic rings. The lowest BCUT2D eigenvalue weighted by molar-refractivity contribution is 0.0531. The summed E-state index contributed by atoms with van der Waals surface area (Å²) in [5.41, 5.74) is 4.07. The molecule has 0 fully saturated rings. The highest BCUT2D eigenvalue weighted by Gasteiger charge is 2.31. The predicted molar refractivity (Wildman–Crippen MR) is 107 cm³/mol. The molecule has 29 heavy (non-hydrogen) atoms. The van der Waals surface area contributed by atoms with Gasteiger partial charge >= 0.3 is 5.97 Å². The third kappa shape index (κ3) is 3.04. The maximum absolute atomic E-state index is 12.7. The summed E-state index contributed by atoms with van der Waals surface area (Å²) < 4.78 is 24.3. The number of hydrogen-bond acceptors (Lipinski definition) is 7. The summed E-state index contributed by atoms with van der Waals surface area (Å²) in [4.78, 5) is 13.3. The molecule has 5 rings (SSSR count). The molecule has 1 aliphatic heterocycles. The number of ether oxygens (including phenoxy) is 4. The minimum atomic E-state index is -0.306. The van der Waals surface area contributed by atoms with Crippen LogP contribution >= 0.6 is 11.3 Å². The number of rotatable bonds is 4. The quantitative estimate of drug-likeness (QED) is 0.594. The summed E-state index contributed by atoms with van der Waals surface area (Å²) in [6, 6.07) is 5.47. The molecule has 0 spiro atoms. The minimum Gasteiger partial charge on any atom is -0.462 e. The first-order valence-electron chi connectivity index (χ1n) is 9.57. The Labute approximate surface area is 171 Å². The van der Waals surface area contributed by atoms with Crippen LogP contribution in [0.2, 0.25) is 0 Å². The number of hydrogen-bond donors (Lipinski definition) is 0. The number of carbonyl (C=O) groups excluding carboxylic acids is 1. The second-order valence-electron chi connectivity index (χ2n) is 6.91. The van der Waals surface area contributed by atoms with E-state index in [9.17, 15) is 4.79 Å². The smallest absolute Gasteiger partial charge is 0.348 e. The summed E-state index contributed by atoms with van der Waals surface area (Å²) in [6.45, 7) is 2.35. The van der Waals surface area contributed by atoms with Gasteiger partial charge in [-0.1, -0.05) is 11.3 Å². The highest BCUT2D eigenvalue weighted by atomic mass is 32.1. The van der Waals surface area contributed by atoms with E-state index in [0.717, 1.165) is 41.6 Å². The van der Waals surface area contributed by atoms with E-state index in [-0.39, 0.29) is 12.8 Å². The standard InChI is InChI=1S/C21H20N2O5S/c1-3-25-20(24)19-14-6-4-5-12-10-22-23(2)18(12)17(14)21(29-19)28-13-7-8-15-16(9-13)27-11-26-15/h7-10H,3-6,11H2,1-2H3. The normalized spacial score (nSPS) is 14.1. The fourth-order valence-corrected chi connectivity index (χ4v) is 4.96. The number of aryl methyl sites for hydroxylation is 2. The van der Waals surface area contributed by atoms with Crippen molar-refractivity contribution in [1.82, 2.24) is 9.78 Å². The zero-order valence-corrected chi connectivity index (χ0v) is 17.0. The molecular formula is C21H20N2O5S. The molecule has 150 valence electrons. The molecule has 0 atom stereocenters. The van der Waals surface area contributed by atoms with Crippen molar-refractivity contribution in [2.75, 3.05) is 13.4 Å². The molecule has 0 radical (unpaired) electrons. The van der Waals surface area contributed by atoms with Gasteiger partial charge in [0.05, 0.1) is 24.1 Å². The Kier molecular flexibility index (Phi) is 4.43. The summed E-state index contributed by atoms with van der Waals surface area (Å²) in [5, 5.41) is 5.10. The van der Waals surface area contributed by atoms with E-state index in [1.54, 1.807) is 6.07 Å². The van der Waals surface area contributed by atoms with Gasteiger partial charge in [-0.3, -0.25) is 4.68 Å². The zero-order chi connectivity index (χ0) is 20.0. The molecule has 0 amide bonds. The Bertz CT molecular complexity index is 1100. The van der Waals surface area contributed by atoms with Crippen LogP contribution in [0.5, 0.6) is 22.3 Å². The Morgan fingerprint density at radius 3 is 3.00 bits per heavy atom. The van der Waals surface area contributed by atoms with Crippen molar-refractivity contribution < 1.29 is 23.7 Å². The molecule has 0 saturated heterocycles. The number of aromatic nitrogens is 2. The highest BCUT2D eigenvalue weighted by Crippen LogP contribution is 2.48. The molecular weight excluding hydrogens is 392 g/mol. The summed E-state index contributed by atoms with van der Waals surface area (Å²) >= 11 is 1.33. The first-order valence-corrected chi connectivity index (χ1v) is 10.4. The van der Waals surface area contributed by atoms with Crippen LogP contribution in [0.4, 0.5) is 0 Å². The largest absolute Gasteiger partial charge is 0.462 e. The Morgan fingerprint density at radius 2 is 2.14 bits per heavy atom. The summed E-state index contributed by atoms with van der Waals surface area (Å²) in [7, 11) is 1.92. The van der Waals surface area contributed by atoms with E-state index in [4.69, 9.17) is 18.9 Å². The SMILES string of the molecule is CCOC(=O)c1sc(Oc2ccc3c(c2)OCO3)c2c1CCCc1cnn(C)c1-2. The van der Waals surface area contributed by atoms with Crippen molar-refractivity contribution in [3.05, 3.63) is 40.4 Å². The molecule has 0 unspecified atom stereocenters. The van der Waals surface area contributed by atoms with Crippen molar-refractivity contribution in [3.8, 4) is 33.6 Å². The number of esters is 1. The first-order chi connectivity index (χ1) is 14.2. The van der Waals surface area contributed by atoms with Gasteiger partial charge in [-0.2, -0.15) is 5.10 Å².